The normalized spacial score (nSPS) is 10.3. The number of para-hydroxylation sites is 1. The Labute approximate surface area is 105 Å². The van der Waals surface area contributed by atoms with Gasteiger partial charge in [0.15, 0.2) is 0 Å². The van der Waals surface area contributed by atoms with E-state index >= 15 is 0 Å². The fourth-order valence-corrected chi connectivity index (χ4v) is 1.98. The molecule has 0 saturated heterocycles. The fourth-order valence-electron chi connectivity index (χ4n) is 1.98. The van der Waals surface area contributed by atoms with Crippen LogP contribution >= 0.6 is 0 Å². The van der Waals surface area contributed by atoms with Crippen LogP contribution in [0, 0.1) is 0 Å². The Morgan fingerprint density at radius 2 is 1.76 bits per heavy atom. The molecule has 0 saturated carbocycles. The van der Waals surface area contributed by atoms with Crippen LogP contribution in [0.4, 0.5) is 11.4 Å². The molecule has 0 amide bonds. The second-order valence-corrected chi connectivity index (χ2v) is 4.11. The molecule has 1 aromatic rings. The summed E-state index contributed by atoms with van der Waals surface area (Å²) in [5.74, 6) is 0.794. The summed E-state index contributed by atoms with van der Waals surface area (Å²) in [4.78, 5) is 2.33. The predicted molar refractivity (Wildman–Crippen MR) is 74.8 cm³/mol. The molecule has 0 atom stereocenters. The molecule has 0 fully saturated rings. The third kappa shape index (κ3) is 3.55. The van der Waals surface area contributed by atoms with E-state index in [1.54, 1.807) is 0 Å². The van der Waals surface area contributed by atoms with E-state index in [1.807, 2.05) is 19.1 Å². The molecule has 0 radical (unpaired) electrons. The largest absolute Gasteiger partial charge is 0.492 e. The van der Waals surface area contributed by atoms with Crippen LogP contribution in [0.2, 0.25) is 0 Å². The molecule has 1 rings (SSSR count). The maximum absolute atomic E-state index is 6.16. The molecule has 17 heavy (non-hydrogen) atoms. The van der Waals surface area contributed by atoms with Crippen molar-refractivity contribution in [1.82, 2.24) is 0 Å². The first-order valence-corrected chi connectivity index (χ1v) is 6.50. The Morgan fingerprint density at radius 1 is 1.12 bits per heavy atom. The molecule has 3 heteroatoms. The molecular formula is C14H24N2O. The monoisotopic (exact) mass is 236 g/mol. The molecule has 3 nitrogen and oxygen atoms in total. The quantitative estimate of drug-likeness (QED) is 0.738. The van der Waals surface area contributed by atoms with Crippen LogP contribution in [0.25, 0.3) is 0 Å². The fraction of sp³-hybridized carbons (Fsp3) is 0.571. The summed E-state index contributed by atoms with van der Waals surface area (Å²) >= 11 is 0. The minimum atomic E-state index is 0.648. The van der Waals surface area contributed by atoms with E-state index in [1.165, 1.54) is 0 Å². The van der Waals surface area contributed by atoms with Crippen molar-refractivity contribution in [3.63, 3.8) is 0 Å². The zero-order valence-corrected chi connectivity index (χ0v) is 11.2. The van der Waals surface area contributed by atoms with Crippen molar-refractivity contribution < 1.29 is 4.74 Å². The zero-order chi connectivity index (χ0) is 12.7. The first kappa shape index (κ1) is 13.7. The molecule has 96 valence electrons. The number of rotatable bonds is 7. The lowest BCUT2D eigenvalue weighted by atomic mass is 10.2. The second kappa shape index (κ2) is 7.05. The number of anilines is 2. The van der Waals surface area contributed by atoms with E-state index in [2.05, 4.69) is 24.8 Å². The van der Waals surface area contributed by atoms with Crippen LogP contribution in [0.3, 0.4) is 0 Å². The van der Waals surface area contributed by atoms with Gasteiger partial charge in [0.05, 0.1) is 18.0 Å². The minimum Gasteiger partial charge on any atom is -0.492 e. The highest BCUT2D eigenvalue weighted by Gasteiger charge is 2.11. The van der Waals surface area contributed by atoms with Gasteiger partial charge >= 0.3 is 0 Å². The van der Waals surface area contributed by atoms with Gasteiger partial charge in [0.25, 0.3) is 0 Å². The minimum absolute atomic E-state index is 0.648. The Hall–Kier alpha value is -1.38. The third-order valence-electron chi connectivity index (χ3n) is 2.67. The van der Waals surface area contributed by atoms with Crippen LogP contribution in [0.5, 0.6) is 5.75 Å². The van der Waals surface area contributed by atoms with E-state index < -0.39 is 0 Å². The maximum Gasteiger partial charge on any atom is 0.144 e. The number of nitrogens with two attached hydrogens (primary N) is 1. The van der Waals surface area contributed by atoms with E-state index in [0.29, 0.717) is 6.61 Å². The van der Waals surface area contributed by atoms with Crippen LogP contribution in [-0.4, -0.2) is 19.7 Å². The summed E-state index contributed by atoms with van der Waals surface area (Å²) in [5, 5.41) is 0. The topological polar surface area (TPSA) is 38.5 Å². The van der Waals surface area contributed by atoms with Gasteiger partial charge in [-0.25, -0.2) is 0 Å². The number of benzene rings is 1. The van der Waals surface area contributed by atoms with E-state index in [0.717, 1.165) is 43.1 Å². The van der Waals surface area contributed by atoms with Gasteiger partial charge in [-0.05, 0) is 31.9 Å². The van der Waals surface area contributed by atoms with Crippen molar-refractivity contribution in [2.24, 2.45) is 0 Å². The van der Waals surface area contributed by atoms with Gasteiger partial charge in [0.2, 0.25) is 0 Å². The lowest BCUT2D eigenvalue weighted by Gasteiger charge is -2.26. The van der Waals surface area contributed by atoms with E-state index in [4.69, 9.17) is 10.5 Å². The summed E-state index contributed by atoms with van der Waals surface area (Å²) in [5.41, 5.74) is 8.02. The van der Waals surface area contributed by atoms with Gasteiger partial charge in [-0.3, -0.25) is 0 Å². The Morgan fingerprint density at radius 3 is 2.29 bits per heavy atom. The average molecular weight is 236 g/mol. The number of hydrogen-bond acceptors (Lipinski definition) is 3. The molecule has 0 aliphatic rings. The van der Waals surface area contributed by atoms with E-state index in [9.17, 15) is 0 Å². The third-order valence-corrected chi connectivity index (χ3v) is 2.67. The number of nitrogens with zero attached hydrogens (tertiary/aromatic N) is 1. The molecule has 2 N–H and O–H groups in total. The smallest absolute Gasteiger partial charge is 0.144 e. The van der Waals surface area contributed by atoms with Gasteiger partial charge in [-0.1, -0.05) is 19.9 Å². The van der Waals surface area contributed by atoms with Crippen LogP contribution in [-0.2, 0) is 0 Å². The Kier molecular flexibility index (Phi) is 5.67. The molecule has 0 aliphatic heterocycles. The molecule has 0 unspecified atom stereocenters. The number of nitrogen functional groups attached to an aromatic ring is 1. The van der Waals surface area contributed by atoms with Gasteiger partial charge < -0.3 is 15.4 Å². The lowest BCUT2D eigenvalue weighted by Crippen LogP contribution is -2.25. The van der Waals surface area contributed by atoms with Crippen LogP contribution in [0.1, 0.15) is 33.6 Å². The van der Waals surface area contributed by atoms with Crippen molar-refractivity contribution >= 4 is 11.4 Å². The molecule has 0 aromatic heterocycles. The van der Waals surface area contributed by atoms with Gasteiger partial charge in [0, 0.05) is 13.1 Å². The van der Waals surface area contributed by atoms with Crippen LogP contribution < -0.4 is 15.4 Å². The first-order chi connectivity index (χ1) is 8.24. The lowest BCUT2D eigenvalue weighted by molar-refractivity contribution is 0.342. The predicted octanol–water partition coefficient (Wildman–Crippen LogP) is 3.29. The van der Waals surface area contributed by atoms with Gasteiger partial charge in [-0.15, -0.1) is 0 Å². The highest BCUT2D eigenvalue weighted by Crippen LogP contribution is 2.32. The van der Waals surface area contributed by atoms with Crippen LogP contribution in [0.15, 0.2) is 18.2 Å². The number of ether oxygens (including phenoxy) is 1. The van der Waals surface area contributed by atoms with Crippen molar-refractivity contribution in [3.8, 4) is 5.75 Å². The Bertz CT molecular complexity index is 333. The van der Waals surface area contributed by atoms with Crippen molar-refractivity contribution in [1.29, 1.82) is 0 Å². The van der Waals surface area contributed by atoms with Gasteiger partial charge in [0.1, 0.15) is 5.75 Å². The summed E-state index contributed by atoms with van der Waals surface area (Å²) in [6.45, 7) is 9.06. The number of hydrogen-bond donors (Lipinski definition) is 1. The van der Waals surface area contributed by atoms with Crippen molar-refractivity contribution in [3.05, 3.63) is 18.2 Å². The van der Waals surface area contributed by atoms with Crippen molar-refractivity contribution in [2.75, 3.05) is 30.3 Å². The van der Waals surface area contributed by atoms with Crippen molar-refractivity contribution in [2.45, 2.75) is 33.6 Å². The SMILES string of the molecule is CCCN(CCC)c1cccc(OCC)c1N. The molecule has 0 heterocycles. The molecule has 0 bridgehead atoms. The van der Waals surface area contributed by atoms with Gasteiger partial charge in [-0.2, -0.15) is 0 Å². The first-order valence-electron chi connectivity index (χ1n) is 6.50. The second-order valence-electron chi connectivity index (χ2n) is 4.11. The molecule has 0 spiro atoms. The average Bonchev–Trinajstić information content (AvgIpc) is 2.32. The highest BCUT2D eigenvalue weighted by molar-refractivity contribution is 5.74. The summed E-state index contributed by atoms with van der Waals surface area (Å²) in [6.07, 6.45) is 2.25. The molecule has 1 aromatic carbocycles. The summed E-state index contributed by atoms with van der Waals surface area (Å²) in [7, 11) is 0. The Balaban J connectivity index is 2.97. The molecular weight excluding hydrogens is 212 g/mol. The summed E-state index contributed by atoms with van der Waals surface area (Å²) < 4.78 is 5.53. The zero-order valence-electron chi connectivity index (χ0n) is 11.2. The standard InChI is InChI=1S/C14H24N2O/c1-4-10-16(11-5-2)12-8-7-9-13(14(12)15)17-6-3/h7-9H,4-6,10-11,15H2,1-3H3. The molecule has 0 aliphatic carbocycles. The summed E-state index contributed by atoms with van der Waals surface area (Å²) in [6, 6.07) is 6.01. The highest BCUT2D eigenvalue weighted by atomic mass is 16.5. The van der Waals surface area contributed by atoms with E-state index in [-0.39, 0.29) is 0 Å². The maximum atomic E-state index is 6.16.